The summed E-state index contributed by atoms with van der Waals surface area (Å²) in [6.45, 7) is 7.18. The zero-order valence-corrected chi connectivity index (χ0v) is 20.2. The van der Waals surface area contributed by atoms with Gasteiger partial charge in [-0.1, -0.05) is 78.6 Å². The molecule has 0 radical (unpaired) electrons. The topological polar surface area (TPSA) is 74.8 Å². The summed E-state index contributed by atoms with van der Waals surface area (Å²) in [6, 6.07) is 0. The molecule has 1 saturated heterocycles. The number of hydrogen-bond acceptors (Lipinski definition) is 5. The van der Waals surface area contributed by atoms with E-state index in [9.17, 15) is 18.0 Å². The maximum atomic E-state index is 12.9. The maximum absolute atomic E-state index is 12.9. The fourth-order valence-electron chi connectivity index (χ4n) is 3.33. The van der Waals surface area contributed by atoms with Crippen LogP contribution in [0, 0.1) is 0 Å². The molecule has 8 heteroatoms. The first kappa shape index (κ1) is 26.3. The Balaban J connectivity index is 2.68. The Kier molecular flexibility index (Phi) is 12.9. The summed E-state index contributed by atoms with van der Waals surface area (Å²) in [5, 5.41) is -1.55. The van der Waals surface area contributed by atoms with Crippen LogP contribution in [0.5, 0.6) is 0 Å². The summed E-state index contributed by atoms with van der Waals surface area (Å²) in [6.07, 6.45) is 11.8. The second kappa shape index (κ2) is 14.3. The van der Waals surface area contributed by atoms with Crippen molar-refractivity contribution in [3.8, 4) is 0 Å². The molecule has 6 nitrogen and oxygen atoms in total. The third kappa shape index (κ3) is 8.87. The first-order valence-corrected chi connectivity index (χ1v) is 13.9. The van der Waals surface area contributed by atoms with Gasteiger partial charge in [0.25, 0.3) is 11.8 Å². The van der Waals surface area contributed by atoms with Crippen molar-refractivity contribution in [3.63, 3.8) is 0 Å². The van der Waals surface area contributed by atoms with Gasteiger partial charge in [0.2, 0.25) is 5.25 Å². The lowest BCUT2D eigenvalue weighted by atomic mass is 10.1. The van der Waals surface area contributed by atoms with Crippen LogP contribution < -0.4 is 0 Å². The van der Waals surface area contributed by atoms with Gasteiger partial charge in [0, 0.05) is 13.1 Å². The molecule has 0 aromatic heterocycles. The van der Waals surface area contributed by atoms with E-state index in [1.165, 1.54) is 34.3 Å². The van der Waals surface area contributed by atoms with E-state index in [2.05, 4.69) is 6.92 Å². The quantitative estimate of drug-likeness (QED) is 0.194. The van der Waals surface area contributed by atoms with E-state index >= 15 is 0 Å². The van der Waals surface area contributed by atoms with Gasteiger partial charge in [0.15, 0.2) is 9.84 Å². The summed E-state index contributed by atoms with van der Waals surface area (Å²) in [5.74, 6) is -1.20. The minimum atomic E-state index is -3.79. The van der Waals surface area contributed by atoms with Crippen LogP contribution >= 0.6 is 12.1 Å². The SMILES string of the molecule is CCCCCCCCCCS(=O)(=O)C1C(=O)N(CCCC)SN(CCCC)C1=O. The van der Waals surface area contributed by atoms with Crippen molar-refractivity contribution in [2.45, 2.75) is 103 Å². The lowest BCUT2D eigenvalue weighted by molar-refractivity contribution is -0.136. The smallest absolute Gasteiger partial charge is 0.261 e. The van der Waals surface area contributed by atoms with E-state index in [1.54, 1.807) is 0 Å². The molecule has 0 bridgehead atoms. The number of carbonyl (C=O) groups excluding carboxylic acids is 2. The molecule has 2 amide bonds. The van der Waals surface area contributed by atoms with Crippen molar-refractivity contribution in [2.24, 2.45) is 0 Å². The Labute approximate surface area is 182 Å². The predicted octanol–water partition coefficient (Wildman–Crippen LogP) is 4.74. The second-order valence-electron chi connectivity index (χ2n) is 7.89. The molecule has 1 heterocycles. The Morgan fingerprint density at radius 2 is 1.10 bits per heavy atom. The molecule has 1 aliphatic rings. The third-order valence-corrected chi connectivity index (χ3v) is 8.31. The second-order valence-corrected chi connectivity index (χ2v) is 11.1. The number of sulfone groups is 1. The summed E-state index contributed by atoms with van der Waals surface area (Å²) < 4.78 is 28.8. The average Bonchev–Trinajstić information content (AvgIpc) is 2.68. The molecule has 0 N–H and O–H groups in total. The molecule has 0 aromatic rings. The van der Waals surface area contributed by atoms with Crippen LogP contribution in [0.1, 0.15) is 97.8 Å². The van der Waals surface area contributed by atoms with Crippen LogP contribution in [0.4, 0.5) is 0 Å². The number of hydrogen-bond donors (Lipinski definition) is 0. The Hall–Kier alpha value is -0.760. The van der Waals surface area contributed by atoms with Crippen molar-refractivity contribution in [1.82, 2.24) is 8.61 Å². The van der Waals surface area contributed by atoms with Crippen molar-refractivity contribution >= 4 is 33.8 Å². The highest BCUT2D eigenvalue weighted by Gasteiger charge is 2.48. The fraction of sp³-hybridized carbons (Fsp3) is 0.905. The molecule has 0 aliphatic carbocycles. The first-order chi connectivity index (χ1) is 13.9. The third-order valence-electron chi connectivity index (χ3n) is 5.21. The molecule has 1 fully saturated rings. The Morgan fingerprint density at radius 3 is 1.55 bits per heavy atom. The monoisotopic (exact) mass is 448 g/mol. The normalized spacial score (nSPS) is 16.1. The van der Waals surface area contributed by atoms with E-state index in [4.69, 9.17) is 0 Å². The van der Waals surface area contributed by atoms with Crippen LogP contribution in [0.25, 0.3) is 0 Å². The molecule has 1 aliphatic heterocycles. The maximum Gasteiger partial charge on any atom is 0.261 e. The van der Waals surface area contributed by atoms with Crippen LogP contribution in [-0.2, 0) is 19.4 Å². The summed E-state index contributed by atoms with van der Waals surface area (Å²) in [7, 11) is -3.79. The van der Waals surface area contributed by atoms with Gasteiger partial charge in [-0.3, -0.25) is 18.2 Å². The zero-order chi connectivity index (χ0) is 21.7. The molecular weight excluding hydrogens is 408 g/mol. The Bertz CT molecular complexity index is 569. The predicted molar refractivity (Wildman–Crippen MR) is 121 cm³/mol. The molecule has 0 unspecified atom stereocenters. The van der Waals surface area contributed by atoms with Gasteiger partial charge in [0.05, 0.1) is 17.9 Å². The molecule has 0 atom stereocenters. The van der Waals surface area contributed by atoms with Crippen molar-refractivity contribution in [2.75, 3.05) is 18.8 Å². The highest BCUT2D eigenvalue weighted by atomic mass is 32.2. The Morgan fingerprint density at radius 1 is 0.690 bits per heavy atom. The van der Waals surface area contributed by atoms with Gasteiger partial charge >= 0.3 is 0 Å². The fourth-order valence-corrected chi connectivity index (χ4v) is 6.21. The van der Waals surface area contributed by atoms with E-state index < -0.39 is 26.9 Å². The number of carbonyl (C=O) groups is 2. The molecule has 1 rings (SSSR count). The van der Waals surface area contributed by atoms with Gasteiger partial charge in [-0.05, 0) is 19.3 Å². The number of amides is 2. The van der Waals surface area contributed by atoms with Gasteiger partial charge < -0.3 is 0 Å². The molecule has 0 saturated carbocycles. The average molecular weight is 449 g/mol. The van der Waals surface area contributed by atoms with Gasteiger partial charge in [-0.25, -0.2) is 8.42 Å². The summed E-state index contributed by atoms with van der Waals surface area (Å²) >= 11 is 1.09. The van der Waals surface area contributed by atoms with E-state index in [0.717, 1.165) is 57.1 Å². The highest BCUT2D eigenvalue weighted by molar-refractivity contribution is 7.97. The molecule has 0 aromatic carbocycles. The standard InChI is InChI=1S/C21H40N2O4S2/c1-4-7-10-11-12-13-14-15-18-29(26,27)19-20(24)22(16-8-5-2)28-23(21(19)25)17-9-6-3/h19H,4-18H2,1-3H3. The summed E-state index contributed by atoms with van der Waals surface area (Å²) in [5.41, 5.74) is 0. The number of unbranched alkanes of at least 4 members (excludes halogenated alkanes) is 9. The summed E-state index contributed by atoms with van der Waals surface area (Å²) in [4.78, 5) is 25.6. The molecule has 0 spiro atoms. The van der Waals surface area contributed by atoms with Gasteiger partial charge in [-0.2, -0.15) is 0 Å². The first-order valence-electron chi connectivity index (χ1n) is 11.4. The van der Waals surface area contributed by atoms with Gasteiger partial charge in [0.1, 0.15) is 0 Å². The highest BCUT2D eigenvalue weighted by Crippen LogP contribution is 2.29. The molecule has 29 heavy (non-hydrogen) atoms. The lowest BCUT2D eigenvalue weighted by Gasteiger charge is -2.37. The van der Waals surface area contributed by atoms with Crippen molar-refractivity contribution in [1.29, 1.82) is 0 Å². The van der Waals surface area contributed by atoms with E-state index in [1.807, 2.05) is 13.8 Å². The zero-order valence-electron chi connectivity index (χ0n) is 18.5. The minimum absolute atomic E-state index is 0.0853. The van der Waals surface area contributed by atoms with Crippen molar-refractivity contribution in [3.05, 3.63) is 0 Å². The van der Waals surface area contributed by atoms with Crippen LogP contribution in [-0.4, -0.2) is 52.9 Å². The molecule has 170 valence electrons. The van der Waals surface area contributed by atoms with Crippen LogP contribution in [0.15, 0.2) is 0 Å². The lowest BCUT2D eigenvalue weighted by Crippen LogP contribution is -2.56. The largest absolute Gasteiger partial charge is 0.272 e. The van der Waals surface area contributed by atoms with Gasteiger partial charge in [-0.15, -0.1) is 0 Å². The van der Waals surface area contributed by atoms with E-state index in [-0.39, 0.29) is 5.75 Å². The van der Waals surface area contributed by atoms with Crippen molar-refractivity contribution < 1.29 is 18.0 Å². The number of rotatable bonds is 16. The van der Waals surface area contributed by atoms with Crippen LogP contribution in [0.3, 0.4) is 0 Å². The van der Waals surface area contributed by atoms with E-state index in [0.29, 0.717) is 19.5 Å². The minimum Gasteiger partial charge on any atom is -0.272 e. The number of nitrogens with zero attached hydrogens (tertiary/aromatic N) is 2. The molecular formula is C21H40N2O4S2. The van der Waals surface area contributed by atoms with Crippen LogP contribution in [0.2, 0.25) is 0 Å².